The van der Waals surface area contributed by atoms with Gasteiger partial charge in [-0.2, -0.15) is 23.4 Å². The molecule has 2 N–H and O–H groups in total. The number of carboxylic acid groups (broad SMARTS) is 1. The monoisotopic (exact) mass is 613 g/mol. The molecule has 17 heteroatoms. The number of anilines is 3. The lowest BCUT2D eigenvalue weighted by molar-refractivity contribution is -0.138. The quantitative estimate of drug-likeness (QED) is 0.300. The van der Waals surface area contributed by atoms with E-state index >= 15 is 0 Å². The van der Waals surface area contributed by atoms with Crippen LogP contribution in [0.15, 0.2) is 41.6 Å². The smallest absolute Gasteiger partial charge is 0.417 e. The third-order valence-corrected chi connectivity index (χ3v) is 6.93. The van der Waals surface area contributed by atoms with Gasteiger partial charge < -0.3 is 29.0 Å². The van der Waals surface area contributed by atoms with Crippen molar-refractivity contribution >= 4 is 34.7 Å². The van der Waals surface area contributed by atoms with E-state index in [9.17, 15) is 33.1 Å². The summed E-state index contributed by atoms with van der Waals surface area (Å²) in [6, 6.07) is 5.61. The molecule has 230 valence electrons. The normalized spacial score (nSPS) is 13.9. The molecule has 0 aliphatic carbocycles. The predicted octanol–water partition coefficient (Wildman–Crippen LogP) is 3.30. The maximum Gasteiger partial charge on any atom is 0.417 e. The van der Waals surface area contributed by atoms with Crippen LogP contribution in [0, 0.1) is 11.3 Å². The molecule has 0 atom stereocenters. The Balaban J connectivity index is 1.43. The number of nitrogens with zero attached hydrogens (tertiary/aromatic N) is 8. The standard InChI is InChI=1S/C27H26F3N9O5/c1-36-15-16(27(28,29)30)11-19(24(36)40)34-25-35-23-22(37(25)2)18(13-31)20(14-33-23)44-17-3-4-32-21(12-17)39(26(41)42)6-5-38-7-9-43-10-8-38/h3-4,11-12,14-15H,5-10H2,1-2H3,(H,41,42)(H,33,34,35). The second kappa shape index (κ2) is 12.2. The van der Waals surface area contributed by atoms with Gasteiger partial charge in [0.25, 0.3) is 5.56 Å². The molecule has 4 aromatic heterocycles. The molecule has 0 radical (unpaired) electrons. The third-order valence-electron chi connectivity index (χ3n) is 6.93. The van der Waals surface area contributed by atoms with Gasteiger partial charge in [0.05, 0.1) is 25.0 Å². The number of carbonyl (C=O) groups is 1. The number of nitriles is 1. The summed E-state index contributed by atoms with van der Waals surface area (Å²) in [5, 5.41) is 22.5. The summed E-state index contributed by atoms with van der Waals surface area (Å²) >= 11 is 0. The van der Waals surface area contributed by atoms with Crippen molar-refractivity contribution in [2.45, 2.75) is 6.18 Å². The van der Waals surface area contributed by atoms with E-state index in [1.54, 1.807) is 0 Å². The van der Waals surface area contributed by atoms with Crippen molar-refractivity contribution < 1.29 is 32.5 Å². The Morgan fingerprint density at radius 3 is 2.68 bits per heavy atom. The van der Waals surface area contributed by atoms with Crippen LogP contribution >= 0.6 is 0 Å². The van der Waals surface area contributed by atoms with Crippen molar-refractivity contribution in [2.75, 3.05) is 49.6 Å². The van der Waals surface area contributed by atoms with Crippen LogP contribution in [0.5, 0.6) is 11.5 Å². The van der Waals surface area contributed by atoms with Crippen LogP contribution in [0.4, 0.5) is 35.4 Å². The SMILES string of the molecule is Cn1cc(C(F)(F)F)cc(Nc2nc3ncc(Oc4ccnc(N(CCN5CCOCC5)C(=O)O)c4)c(C#N)c3n2C)c1=O. The lowest BCUT2D eigenvalue weighted by Crippen LogP contribution is -2.43. The Labute approximate surface area is 247 Å². The van der Waals surface area contributed by atoms with Crippen LogP contribution in [0.2, 0.25) is 0 Å². The zero-order valence-corrected chi connectivity index (χ0v) is 23.5. The molecular formula is C27H26F3N9O5. The molecule has 5 rings (SSSR count). The van der Waals surface area contributed by atoms with Crippen LogP contribution in [0.3, 0.4) is 0 Å². The minimum atomic E-state index is -4.69. The zero-order valence-electron chi connectivity index (χ0n) is 23.5. The predicted molar refractivity (Wildman–Crippen MR) is 150 cm³/mol. The summed E-state index contributed by atoms with van der Waals surface area (Å²) in [5.41, 5.74) is -1.89. The van der Waals surface area contributed by atoms with Gasteiger partial charge in [0, 0.05) is 58.7 Å². The molecular weight excluding hydrogens is 587 g/mol. The average molecular weight is 614 g/mol. The highest BCUT2D eigenvalue weighted by Crippen LogP contribution is 2.33. The second-order valence-electron chi connectivity index (χ2n) is 9.80. The molecule has 1 aliphatic rings. The number of aryl methyl sites for hydroxylation is 2. The van der Waals surface area contributed by atoms with Crippen LogP contribution in [0.25, 0.3) is 11.2 Å². The number of nitrogens with one attached hydrogen (secondary N) is 1. The van der Waals surface area contributed by atoms with Gasteiger partial charge in [0.15, 0.2) is 11.4 Å². The Morgan fingerprint density at radius 2 is 2.00 bits per heavy atom. The van der Waals surface area contributed by atoms with Crippen LogP contribution in [-0.4, -0.2) is 79.6 Å². The van der Waals surface area contributed by atoms with E-state index in [0.717, 1.165) is 9.47 Å². The molecule has 0 aromatic carbocycles. The van der Waals surface area contributed by atoms with Crippen molar-refractivity contribution in [3.05, 3.63) is 58.3 Å². The number of rotatable bonds is 8. The zero-order chi connectivity index (χ0) is 31.6. The first-order valence-corrected chi connectivity index (χ1v) is 13.2. The van der Waals surface area contributed by atoms with Crippen molar-refractivity contribution in [3.63, 3.8) is 0 Å². The molecule has 1 saturated heterocycles. The summed E-state index contributed by atoms with van der Waals surface area (Å²) in [6.07, 6.45) is -2.59. The lowest BCUT2D eigenvalue weighted by atomic mass is 10.2. The Bertz CT molecular complexity index is 1810. The van der Waals surface area contributed by atoms with Crippen molar-refractivity contribution in [1.29, 1.82) is 5.26 Å². The Morgan fingerprint density at radius 1 is 1.25 bits per heavy atom. The van der Waals surface area contributed by atoms with Crippen LogP contribution in [0.1, 0.15) is 11.1 Å². The summed E-state index contributed by atoms with van der Waals surface area (Å²) < 4.78 is 53.5. The van der Waals surface area contributed by atoms with Crippen LogP contribution in [-0.2, 0) is 25.0 Å². The number of imidazole rings is 1. The number of fused-ring (bicyclic) bond motifs is 1. The molecule has 5 heterocycles. The summed E-state index contributed by atoms with van der Waals surface area (Å²) in [7, 11) is 2.69. The highest BCUT2D eigenvalue weighted by molar-refractivity contribution is 5.85. The van der Waals surface area contributed by atoms with Crippen molar-refractivity contribution in [3.8, 4) is 17.6 Å². The number of amides is 1. The maximum absolute atomic E-state index is 13.3. The summed E-state index contributed by atoms with van der Waals surface area (Å²) in [6.45, 7) is 3.17. The fourth-order valence-corrected chi connectivity index (χ4v) is 4.64. The number of alkyl halides is 3. The minimum absolute atomic E-state index is 0.00392. The highest BCUT2D eigenvalue weighted by atomic mass is 19.4. The van der Waals surface area contributed by atoms with Gasteiger partial charge >= 0.3 is 12.3 Å². The molecule has 0 saturated carbocycles. The number of aromatic nitrogens is 5. The van der Waals surface area contributed by atoms with Gasteiger partial charge in [0.2, 0.25) is 5.95 Å². The van der Waals surface area contributed by atoms with E-state index in [-0.39, 0.29) is 52.2 Å². The molecule has 44 heavy (non-hydrogen) atoms. The fraction of sp³-hybridized carbons (Fsp3) is 0.333. The van der Waals surface area contributed by atoms with Crippen LogP contribution < -0.4 is 20.5 Å². The number of ether oxygens (including phenoxy) is 2. The number of morpholine rings is 1. The van der Waals surface area contributed by atoms with Gasteiger partial charge in [-0.1, -0.05) is 0 Å². The number of pyridine rings is 3. The fourth-order valence-electron chi connectivity index (χ4n) is 4.64. The molecule has 1 fully saturated rings. The van der Waals surface area contributed by atoms with E-state index in [1.807, 2.05) is 6.07 Å². The molecule has 1 amide bonds. The second-order valence-corrected chi connectivity index (χ2v) is 9.80. The van der Waals surface area contributed by atoms with Gasteiger partial charge in [-0.05, 0) is 12.1 Å². The van der Waals surface area contributed by atoms with Gasteiger partial charge in [0.1, 0.15) is 34.4 Å². The van der Waals surface area contributed by atoms with E-state index in [2.05, 4.69) is 25.2 Å². The molecule has 0 bridgehead atoms. The highest BCUT2D eigenvalue weighted by Gasteiger charge is 2.32. The van der Waals surface area contributed by atoms with Gasteiger partial charge in [-0.25, -0.2) is 14.8 Å². The molecule has 4 aromatic rings. The van der Waals surface area contributed by atoms with E-state index in [4.69, 9.17) is 9.47 Å². The molecule has 1 aliphatic heterocycles. The average Bonchev–Trinajstić information content (AvgIpc) is 3.30. The lowest BCUT2D eigenvalue weighted by Gasteiger charge is -2.28. The maximum atomic E-state index is 13.3. The van der Waals surface area contributed by atoms with Gasteiger partial charge in [-0.3, -0.25) is 14.6 Å². The first-order chi connectivity index (χ1) is 21.0. The van der Waals surface area contributed by atoms with E-state index in [0.29, 0.717) is 45.1 Å². The van der Waals surface area contributed by atoms with Crippen molar-refractivity contribution in [1.82, 2.24) is 29.0 Å². The minimum Gasteiger partial charge on any atom is -0.465 e. The van der Waals surface area contributed by atoms with Crippen molar-refractivity contribution in [2.24, 2.45) is 14.1 Å². The topological polar surface area (TPSA) is 164 Å². The first-order valence-electron chi connectivity index (χ1n) is 13.2. The number of hydrogen-bond donors (Lipinski definition) is 2. The number of halogens is 3. The third kappa shape index (κ3) is 6.26. The molecule has 14 nitrogen and oxygen atoms in total. The van der Waals surface area contributed by atoms with Gasteiger partial charge in [-0.15, -0.1) is 0 Å². The van der Waals surface area contributed by atoms with E-state index in [1.165, 1.54) is 43.2 Å². The molecule has 0 spiro atoms. The van der Waals surface area contributed by atoms with E-state index < -0.39 is 23.4 Å². The Kier molecular flexibility index (Phi) is 8.38. The summed E-state index contributed by atoms with van der Waals surface area (Å²) in [4.78, 5) is 40.4. The largest absolute Gasteiger partial charge is 0.465 e. The molecule has 0 unspecified atom stereocenters. The Hall–Kier alpha value is -5.21. The first kappa shape index (κ1) is 30.3. The summed E-state index contributed by atoms with van der Waals surface area (Å²) in [5.74, 6) is 0.266. The number of hydrogen-bond acceptors (Lipinski definition) is 10.